The van der Waals surface area contributed by atoms with Gasteiger partial charge in [0.25, 0.3) is 0 Å². The van der Waals surface area contributed by atoms with E-state index in [-0.39, 0.29) is 5.56 Å². The van der Waals surface area contributed by atoms with Crippen LogP contribution in [0.4, 0.5) is 0 Å². The van der Waals surface area contributed by atoms with Crippen molar-refractivity contribution in [1.82, 2.24) is 0 Å². The maximum absolute atomic E-state index is 11.5. The van der Waals surface area contributed by atoms with Crippen LogP contribution in [0.5, 0.6) is 17.2 Å². The van der Waals surface area contributed by atoms with Gasteiger partial charge in [-0.15, -0.1) is 6.58 Å². The van der Waals surface area contributed by atoms with Gasteiger partial charge >= 0.3 is 5.97 Å². The first-order valence-electron chi connectivity index (χ1n) is 6.03. The van der Waals surface area contributed by atoms with Crippen LogP contribution in [0.3, 0.4) is 0 Å². The van der Waals surface area contributed by atoms with Crippen LogP contribution < -0.4 is 14.2 Å². The Hall–Kier alpha value is -2.17. The zero-order valence-corrected chi connectivity index (χ0v) is 10.6. The highest BCUT2D eigenvalue weighted by atomic mass is 16.6. The topological polar surface area (TPSA) is 65.0 Å². The number of rotatable bonds is 2. The van der Waals surface area contributed by atoms with Crippen molar-refractivity contribution in [2.45, 2.75) is 12.3 Å². The summed E-state index contributed by atoms with van der Waals surface area (Å²) < 4.78 is 16.7. The lowest BCUT2D eigenvalue weighted by atomic mass is 9.81. The van der Waals surface area contributed by atoms with Crippen LogP contribution in [0, 0.1) is 0 Å². The van der Waals surface area contributed by atoms with E-state index in [9.17, 15) is 9.90 Å². The normalized spacial score (nSPS) is 23.4. The smallest absolute Gasteiger partial charge is 0.336 e. The van der Waals surface area contributed by atoms with Gasteiger partial charge in [0, 0.05) is 11.0 Å². The molecule has 1 N–H and O–H groups in total. The standard InChI is InChI=1S/C14H14O5/c1-3-14(2)7-19-12-10(14)8(13(15)16)6-9-11(12)18-5-4-17-9/h3,6H,1,4-5,7H2,2H3,(H,15,16). The van der Waals surface area contributed by atoms with Crippen LogP contribution in [-0.4, -0.2) is 30.9 Å². The van der Waals surface area contributed by atoms with Crippen LogP contribution in [0.2, 0.25) is 0 Å². The van der Waals surface area contributed by atoms with Crippen LogP contribution in [0.25, 0.3) is 0 Å². The van der Waals surface area contributed by atoms with Crippen LogP contribution in [-0.2, 0) is 5.41 Å². The van der Waals surface area contributed by atoms with Crippen molar-refractivity contribution in [1.29, 1.82) is 0 Å². The Morgan fingerprint density at radius 3 is 2.79 bits per heavy atom. The molecule has 0 bridgehead atoms. The lowest BCUT2D eigenvalue weighted by molar-refractivity contribution is 0.0693. The number of carboxylic acids is 1. The molecule has 5 nitrogen and oxygen atoms in total. The molecule has 0 saturated carbocycles. The van der Waals surface area contributed by atoms with E-state index in [1.54, 1.807) is 6.08 Å². The van der Waals surface area contributed by atoms with E-state index >= 15 is 0 Å². The third-order valence-electron chi connectivity index (χ3n) is 3.56. The Balaban J connectivity index is 2.30. The summed E-state index contributed by atoms with van der Waals surface area (Å²) in [7, 11) is 0. The Morgan fingerprint density at radius 1 is 1.37 bits per heavy atom. The molecule has 2 heterocycles. The number of fused-ring (bicyclic) bond motifs is 3. The maximum atomic E-state index is 11.5. The molecule has 0 saturated heterocycles. The number of aromatic carboxylic acids is 1. The highest BCUT2D eigenvalue weighted by molar-refractivity contribution is 5.93. The number of hydrogen-bond acceptors (Lipinski definition) is 4. The molecule has 0 fully saturated rings. The number of ether oxygens (including phenoxy) is 3. The average Bonchev–Trinajstić information content (AvgIpc) is 2.77. The van der Waals surface area contributed by atoms with E-state index < -0.39 is 11.4 Å². The Labute approximate surface area is 110 Å². The molecule has 2 aliphatic heterocycles. The summed E-state index contributed by atoms with van der Waals surface area (Å²) in [5.41, 5.74) is 0.261. The van der Waals surface area contributed by atoms with Crippen molar-refractivity contribution in [2.75, 3.05) is 19.8 Å². The summed E-state index contributed by atoms with van der Waals surface area (Å²) in [6.07, 6.45) is 1.71. The fraction of sp³-hybridized carbons (Fsp3) is 0.357. The second-order valence-electron chi connectivity index (χ2n) is 4.87. The third-order valence-corrected chi connectivity index (χ3v) is 3.56. The summed E-state index contributed by atoms with van der Waals surface area (Å²) in [5.74, 6) is 0.385. The molecule has 0 amide bonds. The molecule has 0 aliphatic carbocycles. The second kappa shape index (κ2) is 3.91. The van der Waals surface area contributed by atoms with E-state index in [0.717, 1.165) is 0 Å². The lowest BCUT2D eigenvalue weighted by Crippen LogP contribution is -2.23. The molecule has 3 rings (SSSR count). The summed E-state index contributed by atoms with van der Waals surface area (Å²) in [6.45, 7) is 6.87. The SMILES string of the molecule is C=CC1(C)COc2c3c(cc(C(=O)O)c21)OCCO3. The minimum absolute atomic E-state index is 0.180. The molecule has 2 aliphatic rings. The highest BCUT2D eigenvalue weighted by Gasteiger charge is 2.41. The number of carbonyl (C=O) groups is 1. The van der Waals surface area contributed by atoms with E-state index in [2.05, 4.69) is 6.58 Å². The van der Waals surface area contributed by atoms with Gasteiger partial charge in [-0.3, -0.25) is 0 Å². The lowest BCUT2D eigenvalue weighted by Gasteiger charge is -2.23. The number of hydrogen-bond donors (Lipinski definition) is 1. The first kappa shape index (κ1) is 11.9. The molecular weight excluding hydrogens is 248 g/mol. The third kappa shape index (κ3) is 1.58. The van der Waals surface area contributed by atoms with Crippen molar-refractivity contribution in [3.63, 3.8) is 0 Å². The largest absolute Gasteiger partial charge is 0.488 e. The molecular formula is C14H14O5. The zero-order valence-electron chi connectivity index (χ0n) is 10.6. The number of benzene rings is 1. The Bertz CT molecular complexity index is 578. The predicted octanol–water partition coefficient (Wildman–Crippen LogP) is 1.99. The van der Waals surface area contributed by atoms with Gasteiger partial charge in [-0.25, -0.2) is 4.79 Å². The zero-order chi connectivity index (χ0) is 13.6. The van der Waals surface area contributed by atoms with Crippen LogP contribution in [0.15, 0.2) is 18.7 Å². The highest BCUT2D eigenvalue weighted by Crippen LogP contribution is 2.52. The van der Waals surface area contributed by atoms with Crippen molar-refractivity contribution in [3.05, 3.63) is 29.8 Å². The molecule has 1 unspecified atom stereocenters. The molecule has 1 aromatic rings. The second-order valence-corrected chi connectivity index (χ2v) is 4.87. The van der Waals surface area contributed by atoms with E-state index in [4.69, 9.17) is 14.2 Å². The van der Waals surface area contributed by atoms with Crippen molar-refractivity contribution >= 4 is 5.97 Å². The van der Waals surface area contributed by atoms with Gasteiger partial charge in [0.2, 0.25) is 5.75 Å². The van der Waals surface area contributed by atoms with Crippen molar-refractivity contribution in [3.8, 4) is 17.2 Å². The molecule has 5 heteroatoms. The quantitative estimate of drug-likeness (QED) is 0.826. The van der Waals surface area contributed by atoms with Gasteiger partial charge in [-0.2, -0.15) is 0 Å². The summed E-state index contributed by atoms with van der Waals surface area (Å²) in [5, 5.41) is 9.39. The van der Waals surface area contributed by atoms with E-state index in [1.807, 2.05) is 6.92 Å². The van der Waals surface area contributed by atoms with Crippen LogP contribution >= 0.6 is 0 Å². The van der Waals surface area contributed by atoms with Gasteiger partial charge in [-0.1, -0.05) is 6.08 Å². The molecule has 1 aromatic carbocycles. The molecule has 0 radical (unpaired) electrons. The average molecular weight is 262 g/mol. The number of carboxylic acid groups (broad SMARTS) is 1. The fourth-order valence-corrected chi connectivity index (χ4v) is 2.48. The van der Waals surface area contributed by atoms with Crippen molar-refractivity contribution in [2.24, 2.45) is 0 Å². The van der Waals surface area contributed by atoms with Gasteiger partial charge in [0.15, 0.2) is 11.5 Å². The summed E-state index contributed by atoms with van der Waals surface area (Å²) in [4.78, 5) is 11.5. The Morgan fingerprint density at radius 2 is 2.11 bits per heavy atom. The van der Waals surface area contributed by atoms with Crippen LogP contribution in [0.1, 0.15) is 22.8 Å². The minimum atomic E-state index is -1.01. The minimum Gasteiger partial charge on any atom is -0.488 e. The molecule has 1 atom stereocenters. The Kier molecular flexibility index (Phi) is 2.45. The predicted molar refractivity (Wildman–Crippen MR) is 67.4 cm³/mol. The first-order valence-corrected chi connectivity index (χ1v) is 6.03. The van der Waals surface area contributed by atoms with Crippen molar-refractivity contribution < 1.29 is 24.1 Å². The summed E-state index contributed by atoms with van der Waals surface area (Å²) in [6, 6.07) is 1.51. The molecule has 19 heavy (non-hydrogen) atoms. The molecule has 100 valence electrons. The first-order chi connectivity index (χ1) is 9.07. The summed E-state index contributed by atoms with van der Waals surface area (Å²) >= 11 is 0. The molecule has 0 spiro atoms. The van der Waals surface area contributed by atoms with Gasteiger partial charge < -0.3 is 19.3 Å². The van der Waals surface area contributed by atoms with E-state index in [0.29, 0.717) is 42.6 Å². The van der Waals surface area contributed by atoms with E-state index in [1.165, 1.54) is 6.07 Å². The maximum Gasteiger partial charge on any atom is 0.336 e. The van der Waals surface area contributed by atoms with Gasteiger partial charge in [0.05, 0.1) is 5.56 Å². The molecule has 0 aromatic heterocycles. The van der Waals surface area contributed by atoms with Gasteiger partial charge in [0.1, 0.15) is 19.8 Å². The van der Waals surface area contributed by atoms with Gasteiger partial charge in [-0.05, 0) is 13.0 Å². The monoisotopic (exact) mass is 262 g/mol. The fourth-order valence-electron chi connectivity index (χ4n) is 2.48.